The molecule has 0 saturated heterocycles. The minimum absolute atomic E-state index is 0.0830. The molecule has 0 fully saturated rings. The first-order chi connectivity index (χ1) is 10.2. The van der Waals surface area contributed by atoms with Crippen LogP contribution >= 0.6 is 0 Å². The van der Waals surface area contributed by atoms with Gasteiger partial charge in [-0.25, -0.2) is 8.42 Å². The van der Waals surface area contributed by atoms with E-state index in [-0.39, 0.29) is 16.4 Å². The lowest BCUT2D eigenvalue weighted by molar-refractivity contribution is 0.100. The molecule has 1 aromatic rings. The predicted molar refractivity (Wildman–Crippen MR) is 88.4 cm³/mol. The number of aryl methyl sites for hydroxylation is 1. The van der Waals surface area contributed by atoms with Gasteiger partial charge in [0.1, 0.15) is 0 Å². The highest BCUT2D eigenvalue weighted by Crippen LogP contribution is 2.23. The maximum Gasteiger partial charge on any atom is 0.280 e. The Balaban J connectivity index is 3.49. The maximum atomic E-state index is 12.0. The number of amides is 1. The molecule has 0 aliphatic heterocycles. The number of guanidine groups is 1. The molecule has 0 aliphatic carbocycles. The maximum absolute atomic E-state index is 12.0. The second-order valence-corrected chi connectivity index (χ2v) is 6.99. The van der Waals surface area contributed by atoms with E-state index in [1.165, 1.54) is 6.07 Å². The molecule has 0 atom stereocenters. The lowest BCUT2D eigenvalue weighted by Gasteiger charge is -2.09. The van der Waals surface area contributed by atoms with Crippen LogP contribution in [0.25, 0.3) is 6.08 Å². The molecule has 0 aliphatic rings. The Morgan fingerprint density at radius 3 is 2.45 bits per heavy atom. The van der Waals surface area contributed by atoms with Crippen molar-refractivity contribution in [3.63, 3.8) is 0 Å². The average molecular weight is 323 g/mol. The van der Waals surface area contributed by atoms with E-state index >= 15 is 0 Å². The third-order valence-corrected chi connectivity index (χ3v) is 4.12. The molecule has 0 spiro atoms. The van der Waals surface area contributed by atoms with E-state index in [0.29, 0.717) is 11.1 Å². The second-order valence-electron chi connectivity index (χ2n) is 5.01. The molecular formula is C15H21N3O3S. The van der Waals surface area contributed by atoms with Crippen molar-refractivity contribution in [3.8, 4) is 0 Å². The molecule has 0 radical (unpaired) electrons. The number of hydrogen-bond acceptors (Lipinski definition) is 3. The number of carbonyl (C=O) groups excluding carboxylic acids is 1. The lowest BCUT2D eigenvalue weighted by Crippen LogP contribution is -2.24. The van der Waals surface area contributed by atoms with Crippen molar-refractivity contribution < 1.29 is 13.2 Å². The van der Waals surface area contributed by atoms with Crippen LogP contribution in [-0.2, 0) is 9.84 Å². The summed E-state index contributed by atoms with van der Waals surface area (Å²) in [5.41, 5.74) is 11.7. The number of unbranched alkanes of at least 4 members (excludes halogenated alkanes) is 1. The highest BCUT2D eigenvalue weighted by Gasteiger charge is 2.18. The van der Waals surface area contributed by atoms with Gasteiger partial charge >= 0.3 is 0 Å². The number of hydrogen-bond donors (Lipinski definition) is 2. The zero-order chi connectivity index (χ0) is 16.9. The Morgan fingerprint density at radius 2 is 1.95 bits per heavy atom. The van der Waals surface area contributed by atoms with E-state index in [0.717, 1.165) is 19.1 Å². The van der Waals surface area contributed by atoms with Crippen molar-refractivity contribution in [1.29, 1.82) is 0 Å². The molecule has 0 unspecified atom stereocenters. The lowest BCUT2D eigenvalue weighted by atomic mass is 10.0. The van der Waals surface area contributed by atoms with Crippen molar-refractivity contribution in [2.24, 2.45) is 16.5 Å². The molecule has 1 aromatic carbocycles. The summed E-state index contributed by atoms with van der Waals surface area (Å²) < 4.78 is 23.9. The Bertz CT molecular complexity index is 731. The van der Waals surface area contributed by atoms with E-state index < -0.39 is 15.7 Å². The van der Waals surface area contributed by atoms with Gasteiger partial charge in [-0.1, -0.05) is 25.5 Å². The zero-order valence-corrected chi connectivity index (χ0v) is 13.8. The largest absolute Gasteiger partial charge is 0.370 e. The summed E-state index contributed by atoms with van der Waals surface area (Å²) in [5, 5.41) is 0. The third-order valence-electron chi connectivity index (χ3n) is 2.97. The Labute approximate surface area is 130 Å². The minimum atomic E-state index is -3.49. The Hall–Kier alpha value is -2.15. The van der Waals surface area contributed by atoms with Gasteiger partial charge in [0.2, 0.25) is 0 Å². The highest BCUT2D eigenvalue weighted by molar-refractivity contribution is 7.90. The average Bonchev–Trinajstić information content (AvgIpc) is 2.36. The molecule has 0 saturated carbocycles. The summed E-state index contributed by atoms with van der Waals surface area (Å²) in [5.74, 6) is -1.02. The van der Waals surface area contributed by atoms with Crippen molar-refractivity contribution >= 4 is 27.8 Å². The summed E-state index contributed by atoms with van der Waals surface area (Å²) in [4.78, 5) is 15.5. The molecule has 0 aromatic heterocycles. The smallest absolute Gasteiger partial charge is 0.280 e. The number of benzene rings is 1. The number of carbonyl (C=O) groups is 1. The van der Waals surface area contributed by atoms with Crippen molar-refractivity contribution in [2.75, 3.05) is 6.26 Å². The Kier molecular flexibility index (Phi) is 5.87. The fourth-order valence-corrected chi connectivity index (χ4v) is 2.83. The topological polar surface area (TPSA) is 116 Å². The van der Waals surface area contributed by atoms with Crippen LogP contribution in [0.2, 0.25) is 0 Å². The van der Waals surface area contributed by atoms with Crippen molar-refractivity contribution in [1.82, 2.24) is 0 Å². The van der Waals surface area contributed by atoms with Gasteiger partial charge in [-0.05, 0) is 36.6 Å². The first-order valence-electron chi connectivity index (χ1n) is 6.82. The van der Waals surface area contributed by atoms with Crippen LogP contribution in [0.15, 0.2) is 28.1 Å². The molecule has 22 heavy (non-hydrogen) atoms. The second kappa shape index (κ2) is 7.22. The fraction of sp³-hybridized carbons (Fsp3) is 0.333. The summed E-state index contributed by atoms with van der Waals surface area (Å²) in [6.07, 6.45) is 6.56. The third kappa shape index (κ3) is 4.70. The summed E-state index contributed by atoms with van der Waals surface area (Å²) in [7, 11) is -3.49. The quantitative estimate of drug-likeness (QED) is 0.631. The highest BCUT2D eigenvalue weighted by atomic mass is 32.2. The SMILES string of the molecule is CCCC=Cc1cc(C)c(C(=O)N=C(N)N)cc1S(C)(=O)=O. The molecule has 120 valence electrons. The van der Waals surface area contributed by atoms with Crippen LogP contribution in [0.5, 0.6) is 0 Å². The van der Waals surface area contributed by atoms with Gasteiger partial charge in [-0.2, -0.15) is 4.99 Å². The van der Waals surface area contributed by atoms with Gasteiger partial charge in [0.05, 0.1) is 4.90 Å². The number of allylic oxidation sites excluding steroid dienone is 1. The van der Waals surface area contributed by atoms with Crippen LogP contribution in [-0.4, -0.2) is 26.5 Å². The van der Waals surface area contributed by atoms with Crippen LogP contribution in [0, 0.1) is 6.92 Å². The zero-order valence-electron chi connectivity index (χ0n) is 13.0. The molecule has 1 rings (SSSR count). The number of rotatable bonds is 5. The van der Waals surface area contributed by atoms with Crippen molar-refractivity contribution in [3.05, 3.63) is 34.9 Å². The van der Waals surface area contributed by atoms with E-state index in [1.807, 2.05) is 13.0 Å². The van der Waals surface area contributed by atoms with Crippen LogP contribution < -0.4 is 11.5 Å². The van der Waals surface area contributed by atoms with E-state index in [2.05, 4.69) is 4.99 Å². The normalized spacial score (nSPS) is 11.6. The molecule has 0 bridgehead atoms. The molecule has 4 N–H and O–H groups in total. The molecule has 0 heterocycles. The number of sulfone groups is 1. The van der Waals surface area contributed by atoms with E-state index in [4.69, 9.17) is 11.5 Å². The van der Waals surface area contributed by atoms with E-state index in [9.17, 15) is 13.2 Å². The fourth-order valence-electron chi connectivity index (χ4n) is 1.95. The summed E-state index contributed by atoms with van der Waals surface area (Å²) in [6, 6.07) is 2.98. The summed E-state index contributed by atoms with van der Waals surface area (Å²) >= 11 is 0. The number of aliphatic imine (C=N–C) groups is 1. The standard InChI is InChI=1S/C15H21N3O3S/c1-4-5-6-7-11-8-10(2)12(14(19)18-15(16)17)9-13(11)22(3,20)21/h6-9H,4-5H2,1-3H3,(H4,16,17,18,19). The van der Waals surface area contributed by atoms with Crippen LogP contribution in [0.3, 0.4) is 0 Å². The molecular weight excluding hydrogens is 302 g/mol. The monoisotopic (exact) mass is 323 g/mol. The van der Waals surface area contributed by atoms with Crippen molar-refractivity contribution in [2.45, 2.75) is 31.6 Å². The first kappa shape index (κ1) is 17.9. The van der Waals surface area contributed by atoms with Crippen LogP contribution in [0.4, 0.5) is 0 Å². The van der Waals surface area contributed by atoms with Gasteiger partial charge < -0.3 is 11.5 Å². The molecule has 1 amide bonds. The number of nitrogens with two attached hydrogens (primary N) is 2. The molecule has 6 nitrogen and oxygen atoms in total. The summed E-state index contributed by atoms with van der Waals surface area (Å²) in [6.45, 7) is 3.74. The molecule has 7 heteroatoms. The van der Waals surface area contributed by atoms with Gasteiger partial charge in [-0.3, -0.25) is 4.79 Å². The number of nitrogens with zero attached hydrogens (tertiary/aromatic N) is 1. The van der Waals surface area contributed by atoms with Gasteiger partial charge in [0, 0.05) is 11.8 Å². The van der Waals surface area contributed by atoms with Gasteiger partial charge in [0.25, 0.3) is 5.91 Å². The van der Waals surface area contributed by atoms with E-state index in [1.54, 1.807) is 19.1 Å². The Morgan fingerprint density at radius 1 is 1.32 bits per heavy atom. The first-order valence-corrected chi connectivity index (χ1v) is 8.71. The van der Waals surface area contributed by atoms with Gasteiger partial charge in [0.15, 0.2) is 15.8 Å². The predicted octanol–water partition coefficient (Wildman–Crippen LogP) is 1.63. The minimum Gasteiger partial charge on any atom is -0.370 e. The van der Waals surface area contributed by atoms with Gasteiger partial charge in [-0.15, -0.1) is 0 Å². The van der Waals surface area contributed by atoms with Crippen LogP contribution in [0.1, 0.15) is 41.3 Å².